The number of benzene rings is 1. The molecule has 1 aliphatic heterocycles. The van der Waals surface area contributed by atoms with E-state index in [1.807, 2.05) is 0 Å². The van der Waals surface area contributed by atoms with Crippen molar-refractivity contribution >= 4 is 29.8 Å². The van der Waals surface area contributed by atoms with E-state index in [1.165, 1.54) is 6.92 Å². The summed E-state index contributed by atoms with van der Waals surface area (Å²) in [5.41, 5.74) is 0.199. The SMILES string of the molecule is [2H]C([2H])([2H])Oc1ccnc(C(=O)N[C@H]2COC(=O)[C@H](Cc3ccccc3)[C@@H](OC(=O)C(C)C)[C@H](C)OC2=O)c1OCOC(=O)C(C)C. The number of carbonyl (C=O) groups excluding carboxylic acids is 5. The van der Waals surface area contributed by atoms with E-state index >= 15 is 0 Å². The zero-order chi connectivity index (χ0) is 34.9. The Morgan fingerprint density at radius 3 is 2.41 bits per heavy atom. The number of hydrogen-bond donors (Lipinski definition) is 1. The largest absolute Gasteiger partial charge is 0.493 e. The standard InChI is InChI=1S/C31H38N2O11/c1-17(2)28(35)42-16-41-26-23(39-6)12-13-32-24(26)27(34)33-22-15-40-30(37)21(14-20-10-8-7-9-11-20)25(19(5)43-31(22)38)44-29(36)18(3)4/h7-13,17-19,21-22,25H,14-16H2,1-6H3,(H,33,34)/t19-,21+,22-,25-/m0/s1/i6D3. The summed E-state index contributed by atoms with van der Waals surface area (Å²) in [5.74, 6) is -7.20. The number of aromatic nitrogens is 1. The van der Waals surface area contributed by atoms with Crippen LogP contribution in [0.3, 0.4) is 0 Å². The quantitative estimate of drug-likeness (QED) is 0.223. The molecule has 0 unspecified atom stereocenters. The maximum atomic E-state index is 13.5. The van der Waals surface area contributed by atoms with Crippen LogP contribution in [0.2, 0.25) is 0 Å². The van der Waals surface area contributed by atoms with Crippen LogP contribution in [0.5, 0.6) is 11.5 Å². The summed E-state index contributed by atoms with van der Waals surface area (Å²) >= 11 is 0. The Morgan fingerprint density at radius 1 is 1.05 bits per heavy atom. The van der Waals surface area contributed by atoms with Gasteiger partial charge >= 0.3 is 23.9 Å². The maximum absolute atomic E-state index is 13.5. The second kappa shape index (κ2) is 15.7. The van der Waals surface area contributed by atoms with Crippen LogP contribution < -0.4 is 14.8 Å². The Morgan fingerprint density at radius 2 is 1.75 bits per heavy atom. The number of pyridine rings is 1. The van der Waals surface area contributed by atoms with E-state index in [0.29, 0.717) is 0 Å². The number of cyclic esters (lactones) is 2. The zero-order valence-corrected chi connectivity index (χ0v) is 25.1. The Hall–Kier alpha value is -4.68. The molecule has 0 radical (unpaired) electrons. The zero-order valence-electron chi connectivity index (χ0n) is 28.1. The third-order valence-corrected chi connectivity index (χ3v) is 6.54. The fourth-order valence-electron chi connectivity index (χ4n) is 4.10. The summed E-state index contributed by atoms with van der Waals surface area (Å²) in [6.45, 7) is 6.45. The Labute approximate surface area is 259 Å². The predicted molar refractivity (Wildman–Crippen MR) is 153 cm³/mol. The highest BCUT2D eigenvalue weighted by molar-refractivity contribution is 5.98. The molecule has 44 heavy (non-hydrogen) atoms. The van der Waals surface area contributed by atoms with Gasteiger partial charge in [0.15, 0.2) is 29.3 Å². The molecular weight excluding hydrogens is 576 g/mol. The number of nitrogens with zero attached hydrogens (tertiary/aromatic N) is 1. The number of hydrogen-bond acceptors (Lipinski definition) is 12. The first-order valence-electron chi connectivity index (χ1n) is 15.5. The lowest BCUT2D eigenvalue weighted by Crippen LogP contribution is -2.47. The van der Waals surface area contributed by atoms with Crippen LogP contribution in [0.4, 0.5) is 0 Å². The first-order valence-corrected chi connectivity index (χ1v) is 14.0. The van der Waals surface area contributed by atoms with E-state index in [1.54, 1.807) is 58.0 Å². The molecule has 1 fully saturated rings. The average Bonchev–Trinajstić information content (AvgIpc) is 3.03. The van der Waals surface area contributed by atoms with Crippen LogP contribution in [-0.4, -0.2) is 73.5 Å². The summed E-state index contributed by atoms with van der Waals surface area (Å²) in [5, 5.41) is 2.36. The molecule has 1 N–H and O–H groups in total. The van der Waals surface area contributed by atoms with Gasteiger partial charge in [0.1, 0.15) is 18.6 Å². The van der Waals surface area contributed by atoms with Crippen molar-refractivity contribution < 1.29 is 56.5 Å². The number of methoxy groups -OCH3 is 1. The number of amides is 1. The number of esters is 4. The number of carbonyl (C=O) groups is 5. The molecule has 0 aliphatic carbocycles. The smallest absolute Gasteiger partial charge is 0.332 e. The van der Waals surface area contributed by atoms with Crippen molar-refractivity contribution in [3.05, 3.63) is 53.9 Å². The Bertz CT molecular complexity index is 1430. The lowest BCUT2D eigenvalue weighted by atomic mass is 9.91. The molecule has 13 heteroatoms. The topological polar surface area (TPSA) is 166 Å². The van der Waals surface area contributed by atoms with Gasteiger partial charge in [0.25, 0.3) is 5.91 Å². The van der Waals surface area contributed by atoms with Gasteiger partial charge in [-0.1, -0.05) is 58.0 Å². The van der Waals surface area contributed by atoms with Crippen LogP contribution in [-0.2, 0) is 44.5 Å². The predicted octanol–water partition coefficient (Wildman–Crippen LogP) is 2.64. The van der Waals surface area contributed by atoms with E-state index in [0.717, 1.165) is 17.8 Å². The summed E-state index contributed by atoms with van der Waals surface area (Å²) in [7, 11) is -2.96. The third kappa shape index (κ3) is 8.91. The second-order valence-electron chi connectivity index (χ2n) is 10.6. The molecule has 1 aromatic heterocycles. The molecule has 4 atom stereocenters. The minimum absolute atomic E-state index is 0.0942. The first-order chi connectivity index (χ1) is 22.1. The van der Waals surface area contributed by atoms with Gasteiger partial charge in [0.2, 0.25) is 6.79 Å². The van der Waals surface area contributed by atoms with Crippen LogP contribution in [0.25, 0.3) is 0 Å². The minimum atomic E-state index is -2.96. The summed E-state index contributed by atoms with van der Waals surface area (Å²) in [4.78, 5) is 68.7. The van der Waals surface area contributed by atoms with Crippen LogP contribution in [0, 0.1) is 17.8 Å². The van der Waals surface area contributed by atoms with E-state index in [4.69, 9.17) is 32.5 Å². The van der Waals surface area contributed by atoms with Gasteiger partial charge in [0.05, 0.1) is 23.0 Å². The monoisotopic (exact) mass is 617 g/mol. The third-order valence-electron chi connectivity index (χ3n) is 6.54. The van der Waals surface area contributed by atoms with Crippen molar-refractivity contribution in [2.75, 3.05) is 20.4 Å². The second-order valence-corrected chi connectivity index (χ2v) is 10.6. The number of ether oxygens (including phenoxy) is 6. The van der Waals surface area contributed by atoms with Gasteiger partial charge in [-0.25, -0.2) is 9.78 Å². The van der Waals surface area contributed by atoms with Gasteiger partial charge in [0, 0.05) is 12.3 Å². The van der Waals surface area contributed by atoms with Gasteiger partial charge in [-0.05, 0) is 18.9 Å². The molecule has 1 amide bonds. The molecule has 0 spiro atoms. The van der Waals surface area contributed by atoms with E-state index in [9.17, 15) is 24.0 Å². The summed E-state index contributed by atoms with van der Waals surface area (Å²) in [6.07, 6.45) is -1.21. The summed E-state index contributed by atoms with van der Waals surface area (Å²) < 4.78 is 54.4. The molecular formula is C31H38N2O11. The Balaban J connectivity index is 1.90. The van der Waals surface area contributed by atoms with Crippen molar-refractivity contribution in [2.24, 2.45) is 17.8 Å². The lowest BCUT2D eigenvalue weighted by Gasteiger charge is -2.29. The molecule has 238 valence electrons. The normalized spacial score (nSPS) is 21.7. The average molecular weight is 618 g/mol. The van der Waals surface area contributed by atoms with Gasteiger partial charge in [-0.3, -0.25) is 19.2 Å². The van der Waals surface area contributed by atoms with E-state index in [2.05, 4.69) is 10.3 Å². The molecule has 3 rings (SSSR count). The van der Waals surface area contributed by atoms with E-state index < -0.39 is 103 Å². The highest BCUT2D eigenvalue weighted by Gasteiger charge is 2.42. The first kappa shape index (κ1) is 29.4. The molecule has 1 aliphatic rings. The van der Waals surface area contributed by atoms with Crippen LogP contribution in [0.1, 0.15) is 54.8 Å². The van der Waals surface area contributed by atoms with Gasteiger partial charge < -0.3 is 33.7 Å². The minimum Gasteiger partial charge on any atom is -0.493 e. The molecule has 2 heterocycles. The lowest BCUT2D eigenvalue weighted by molar-refractivity contribution is -0.176. The highest BCUT2D eigenvalue weighted by atomic mass is 16.7. The fourth-order valence-corrected chi connectivity index (χ4v) is 4.10. The van der Waals surface area contributed by atoms with Crippen LogP contribution >= 0.6 is 0 Å². The molecule has 1 aromatic carbocycles. The van der Waals surface area contributed by atoms with Crippen molar-refractivity contribution in [2.45, 2.75) is 59.3 Å². The van der Waals surface area contributed by atoms with Crippen molar-refractivity contribution in [1.82, 2.24) is 10.3 Å². The fraction of sp³-hybridized carbons (Fsp3) is 0.484. The Kier molecular flexibility index (Phi) is 10.5. The number of nitrogens with one attached hydrogen (secondary N) is 1. The molecule has 1 saturated heterocycles. The molecule has 2 aromatic rings. The molecule has 13 nitrogen and oxygen atoms in total. The van der Waals surface area contributed by atoms with Crippen molar-refractivity contribution in [3.63, 3.8) is 0 Å². The van der Waals surface area contributed by atoms with Gasteiger partial charge in [-0.15, -0.1) is 0 Å². The van der Waals surface area contributed by atoms with Crippen LogP contribution in [0.15, 0.2) is 42.6 Å². The number of rotatable bonds is 11. The van der Waals surface area contributed by atoms with Crippen molar-refractivity contribution in [3.8, 4) is 11.5 Å². The van der Waals surface area contributed by atoms with E-state index in [-0.39, 0.29) is 6.42 Å². The van der Waals surface area contributed by atoms with Crippen molar-refractivity contribution in [1.29, 1.82) is 0 Å². The maximum Gasteiger partial charge on any atom is 0.332 e. The molecule has 0 bridgehead atoms. The van der Waals surface area contributed by atoms with Gasteiger partial charge in [-0.2, -0.15) is 0 Å². The summed E-state index contributed by atoms with van der Waals surface area (Å²) in [6, 6.07) is 8.45. The highest BCUT2D eigenvalue weighted by Crippen LogP contribution is 2.30. The molecule has 0 saturated carbocycles.